The number of imidazole rings is 2. The fraction of sp³-hybridized carbons (Fsp3) is 0.552. The van der Waals surface area contributed by atoms with Crippen LogP contribution in [-0.2, 0) is 33.1 Å². The number of hydrogen-bond acceptors (Lipinski definition) is 5. The molecule has 1 atom stereocenters. The molecular formula is C29H42N6O. The number of fused-ring (bicyclic) bond motifs is 1. The minimum absolute atomic E-state index is 0.146. The Morgan fingerprint density at radius 3 is 2.53 bits per heavy atom. The number of hydrogen-bond donors (Lipinski definition) is 1. The molecule has 0 bridgehead atoms. The minimum Gasteiger partial charge on any atom is -0.348 e. The van der Waals surface area contributed by atoms with Gasteiger partial charge in [-0.1, -0.05) is 38.5 Å². The molecule has 1 unspecified atom stereocenters. The van der Waals surface area contributed by atoms with E-state index in [-0.39, 0.29) is 5.92 Å². The topological polar surface area (TPSA) is 70.0 Å². The second kappa shape index (κ2) is 13.0. The van der Waals surface area contributed by atoms with Crippen LogP contribution in [0.1, 0.15) is 79.1 Å². The molecule has 1 N–H and O–H groups in total. The summed E-state index contributed by atoms with van der Waals surface area (Å²) in [6.45, 7) is 10.2. The second-order valence-electron chi connectivity index (χ2n) is 10.2. The number of aryl methyl sites for hydroxylation is 1. The van der Waals surface area contributed by atoms with Crippen molar-refractivity contribution in [3.05, 3.63) is 71.3 Å². The standard InChI is InChI=1S/C29H42N6O/c1-4-14-34(15-5-2)16-7-6-8-24-19-25-18-23(9-10-26(25)29(24)36)20-35(21-27-30-11-12-31-27)22-28-32-13-17-33(28)3/h9-13,17-18,24H,4-8,14-16,19-22H2,1-3H3,(H,30,31). The van der Waals surface area contributed by atoms with Gasteiger partial charge in [-0.3, -0.25) is 9.69 Å². The normalized spacial score (nSPS) is 15.4. The summed E-state index contributed by atoms with van der Waals surface area (Å²) in [5.74, 6) is 2.45. The van der Waals surface area contributed by atoms with E-state index in [9.17, 15) is 4.79 Å². The van der Waals surface area contributed by atoms with E-state index in [1.165, 1.54) is 43.5 Å². The van der Waals surface area contributed by atoms with Crippen LogP contribution in [0.2, 0.25) is 0 Å². The summed E-state index contributed by atoms with van der Waals surface area (Å²) < 4.78 is 2.06. The van der Waals surface area contributed by atoms with Gasteiger partial charge in [-0.25, -0.2) is 9.97 Å². The Kier molecular flexibility index (Phi) is 9.47. The van der Waals surface area contributed by atoms with Crippen molar-refractivity contribution in [1.29, 1.82) is 0 Å². The maximum Gasteiger partial charge on any atom is 0.166 e. The molecule has 36 heavy (non-hydrogen) atoms. The van der Waals surface area contributed by atoms with E-state index in [0.29, 0.717) is 12.3 Å². The first-order valence-electron chi connectivity index (χ1n) is 13.6. The summed E-state index contributed by atoms with van der Waals surface area (Å²) in [6, 6.07) is 6.44. The van der Waals surface area contributed by atoms with E-state index in [2.05, 4.69) is 61.4 Å². The summed E-state index contributed by atoms with van der Waals surface area (Å²) in [5, 5.41) is 0. The number of aromatic nitrogens is 4. The zero-order chi connectivity index (χ0) is 25.3. The van der Waals surface area contributed by atoms with Crippen molar-refractivity contribution in [2.45, 2.75) is 72.0 Å². The highest BCUT2D eigenvalue weighted by molar-refractivity contribution is 6.02. The van der Waals surface area contributed by atoms with Gasteiger partial charge in [0.15, 0.2) is 5.78 Å². The number of nitrogens with one attached hydrogen (secondary N) is 1. The van der Waals surface area contributed by atoms with Crippen LogP contribution in [0.25, 0.3) is 0 Å². The third-order valence-electron chi connectivity index (χ3n) is 7.25. The Balaban J connectivity index is 1.35. The first-order chi connectivity index (χ1) is 17.6. The quantitative estimate of drug-likeness (QED) is 0.304. The molecule has 2 aromatic heterocycles. The number of benzene rings is 1. The highest BCUT2D eigenvalue weighted by atomic mass is 16.1. The fourth-order valence-electron chi connectivity index (χ4n) is 5.43. The van der Waals surface area contributed by atoms with Gasteiger partial charge in [-0.05, 0) is 62.9 Å². The predicted molar refractivity (Wildman–Crippen MR) is 144 cm³/mol. The summed E-state index contributed by atoms with van der Waals surface area (Å²) >= 11 is 0. The summed E-state index contributed by atoms with van der Waals surface area (Å²) in [5.41, 5.74) is 3.39. The van der Waals surface area contributed by atoms with Gasteiger partial charge in [0.05, 0.1) is 13.1 Å². The summed E-state index contributed by atoms with van der Waals surface area (Å²) in [6.07, 6.45) is 14.1. The molecule has 0 saturated heterocycles. The molecule has 0 saturated carbocycles. The maximum absolute atomic E-state index is 13.1. The smallest absolute Gasteiger partial charge is 0.166 e. The largest absolute Gasteiger partial charge is 0.348 e. The number of aromatic amines is 1. The molecule has 7 heteroatoms. The van der Waals surface area contributed by atoms with E-state index in [0.717, 1.165) is 56.1 Å². The number of ketones is 1. The van der Waals surface area contributed by atoms with E-state index in [1.54, 1.807) is 6.20 Å². The first-order valence-corrected chi connectivity index (χ1v) is 13.6. The van der Waals surface area contributed by atoms with Gasteiger partial charge in [0.1, 0.15) is 11.6 Å². The molecule has 3 aromatic rings. The molecule has 1 aliphatic rings. The molecule has 194 valence electrons. The van der Waals surface area contributed by atoms with E-state index < -0.39 is 0 Å². The van der Waals surface area contributed by atoms with Crippen LogP contribution >= 0.6 is 0 Å². The Morgan fingerprint density at radius 1 is 1.00 bits per heavy atom. The average Bonchev–Trinajstić information content (AvgIpc) is 3.59. The van der Waals surface area contributed by atoms with Gasteiger partial charge in [-0.2, -0.15) is 0 Å². The SMILES string of the molecule is CCCN(CCC)CCCCC1Cc2cc(CN(Cc3ncc[nH]3)Cc3nccn3C)ccc2C1=O. The van der Waals surface area contributed by atoms with Crippen LogP contribution in [0.3, 0.4) is 0 Å². The zero-order valence-electron chi connectivity index (χ0n) is 22.2. The third-order valence-corrected chi connectivity index (χ3v) is 7.25. The van der Waals surface area contributed by atoms with E-state index >= 15 is 0 Å². The van der Waals surface area contributed by atoms with Gasteiger partial charge in [-0.15, -0.1) is 0 Å². The Bertz CT molecular complexity index is 1080. The number of Topliss-reactive ketones (excluding diaryl/α,β-unsaturated/α-hetero) is 1. The molecule has 2 heterocycles. The predicted octanol–water partition coefficient (Wildman–Crippen LogP) is 4.99. The number of unbranched alkanes of at least 4 members (excludes halogenated alkanes) is 1. The lowest BCUT2D eigenvalue weighted by Gasteiger charge is -2.21. The average molecular weight is 491 g/mol. The van der Waals surface area contributed by atoms with Gasteiger partial charge < -0.3 is 14.5 Å². The first kappa shape index (κ1) is 26.3. The lowest BCUT2D eigenvalue weighted by atomic mass is 9.98. The van der Waals surface area contributed by atoms with Crippen LogP contribution in [0.15, 0.2) is 43.0 Å². The van der Waals surface area contributed by atoms with Crippen LogP contribution < -0.4 is 0 Å². The van der Waals surface area contributed by atoms with Crippen molar-refractivity contribution in [2.75, 3.05) is 19.6 Å². The summed E-state index contributed by atoms with van der Waals surface area (Å²) in [4.78, 5) is 30.1. The Labute approximate surface area is 215 Å². The van der Waals surface area contributed by atoms with Crippen molar-refractivity contribution >= 4 is 5.78 Å². The van der Waals surface area contributed by atoms with Gasteiger partial charge >= 0.3 is 0 Å². The second-order valence-corrected chi connectivity index (χ2v) is 10.2. The molecule has 7 nitrogen and oxygen atoms in total. The van der Waals surface area contributed by atoms with Crippen molar-refractivity contribution in [1.82, 2.24) is 29.3 Å². The number of carbonyl (C=O) groups is 1. The minimum atomic E-state index is 0.146. The fourth-order valence-corrected chi connectivity index (χ4v) is 5.43. The highest BCUT2D eigenvalue weighted by Crippen LogP contribution is 2.31. The van der Waals surface area contributed by atoms with Crippen molar-refractivity contribution < 1.29 is 4.79 Å². The van der Waals surface area contributed by atoms with Crippen molar-refractivity contribution in [3.63, 3.8) is 0 Å². The number of carbonyl (C=O) groups excluding carboxylic acids is 1. The summed E-state index contributed by atoms with van der Waals surface area (Å²) in [7, 11) is 2.03. The maximum atomic E-state index is 13.1. The number of nitrogens with zero attached hydrogens (tertiary/aromatic N) is 5. The monoisotopic (exact) mass is 490 g/mol. The van der Waals surface area contributed by atoms with Crippen LogP contribution in [0.5, 0.6) is 0 Å². The molecular weight excluding hydrogens is 448 g/mol. The van der Waals surface area contributed by atoms with Crippen molar-refractivity contribution in [3.8, 4) is 0 Å². The van der Waals surface area contributed by atoms with Gasteiger partial charge in [0.2, 0.25) is 0 Å². The molecule has 4 rings (SSSR count). The zero-order valence-corrected chi connectivity index (χ0v) is 22.2. The molecule has 0 amide bonds. The molecule has 1 aromatic carbocycles. The third kappa shape index (κ3) is 6.92. The highest BCUT2D eigenvalue weighted by Gasteiger charge is 2.30. The Morgan fingerprint density at radius 2 is 1.83 bits per heavy atom. The van der Waals surface area contributed by atoms with Crippen molar-refractivity contribution in [2.24, 2.45) is 13.0 Å². The molecule has 0 spiro atoms. The molecule has 0 radical (unpaired) electrons. The Hall–Kier alpha value is -2.77. The molecule has 1 aliphatic carbocycles. The molecule has 0 aliphatic heterocycles. The van der Waals surface area contributed by atoms with E-state index in [4.69, 9.17) is 0 Å². The van der Waals surface area contributed by atoms with E-state index in [1.807, 2.05) is 25.6 Å². The van der Waals surface area contributed by atoms with Crippen LogP contribution in [-0.4, -0.2) is 54.7 Å². The lowest BCUT2D eigenvalue weighted by Crippen LogP contribution is -2.26. The lowest BCUT2D eigenvalue weighted by molar-refractivity contribution is 0.0928. The molecule has 0 fully saturated rings. The van der Waals surface area contributed by atoms with Crippen LogP contribution in [0.4, 0.5) is 0 Å². The van der Waals surface area contributed by atoms with Gasteiger partial charge in [0.25, 0.3) is 0 Å². The number of H-pyrrole nitrogens is 1. The van der Waals surface area contributed by atoms with Crippen LogP contribution in [0, 0.1) is 5.92 Å². The number of rotatable bonds is 15. The van der Waals surface area contributed by atoms with Gasteiger partial charge in [0, 0.05) is 49.9 Å².